The molecule has 416 valence electrons. The largest absolute Gasteiger partial charge is 0.490 e. The van der Waals surface area contributed by atoms with Crippen molar-refractivity contribution in [1.82, 2.24) is 53.6 Å². The van der Waals surface area contributed by atoms with Crippen LogP contribution in [0.2, 0.25) is 0 Å². The van der Waals surface area contributed by atoms with Crippen LogP contribution in [0, 0.1) is 5.92 Å². The fourth-order valence-electron chi connectivity index (χ4n) is 8.51. The van der Waals surface area contributed by atoms with Crippen molar-refractivity contribution in [1.29, 1.82) is 0 Å². The third-order valence-corrected chi connectivity index (χ3v) is 17.0. The van der Waals surface area contributed by atoms with Crippen molar-refractivity contribution in [2.75, 3.05) is 50.7 Å². The molecule has 38 nitrogen and oxygen atoms in total. The summed E-state index contributed by atoms with van der Waals surface area (Å²) in [5.74, 6) is -1.84. The molecule has 16 atom stereocenters. The first kappa shape index (κ1) is 55.6. The van der Waals surface area contributed by atoms with Crippen LogP contribution in [0.1, 0.15) is 18.7 Å². The number of fused-ring (bicyclic) bond motifs is 3. The number of aliphatic hydroxyl groups excluding tert-OH is 3. The number of H-pyrrole nitrogens is 2. The second-order valence-electron chi connectivity index (χ2n) is 16.8. The zero-order valence-corrected chi connectivity index (χ0v) is 42.2. The van der Waals surface area contributed by atoms with Crippen molar-refractivity contribution in [3.05, 3.63) is 46.0 Å². The Balaban J connectivity index is 0.858. The number of imidazole rings is 3. The van der Waals surface area contributed by atoms with Gasteiger partial charge >= 0.3 is 36.9 Å². The average molecular weight is 1160 g/mol. The molecule has 3 fully saturated rings. The second kappa shape index (κ2) is 20.9. The summed E-state index contributed by atoms with van der Waals surface area (Å²) >= 11 is 0. The van der Waals surface area contributed by atoms with E-state index in [0.717, 1.165) is 28.1 Å². The number of phosphoric acid groups is 4. The SMILES string of the molecule is COC[C@H]1[C@@H](O)[C@H]([n+]2cn(C)c3c(=O)[nH]c(N)nc32)O[C@@H]1COP(=O)(O)OP(=O)(O)OP(=O)(O)OC[C@H]1O[C@@H](n2cnc3c(N)ncnc32)[C@H](F)[C@@H]1OP(=O)(O)OC[C@H]1O[C@@H](n2cnc3c(=O)[nH]c(N)nc32)[C@H](O)[C@@H]1O. The van der Waals surface area contributed by atoms with Gasteiger partial charge in [-0.05, 0) is 0 Å². The molecule has 3 aliphatic rings. The van der Waals surface area contributed by atoms with Crippen molar-refractivity contribution in [3.63, 3.8) is 0 Å². The van der Waals surface area contributed by atoms with Gasteiger partial charge in [-0.1, -0.05) is 4.98 Å². The molecule has 9 heterocycles. The lowest BCUT2D eigenvalue weighted by atomic mass is 9.99. The quantitative estimate of drug-likeness (QED) is 0.0261. The van der Waals surface area contributed by atoms with Gasteiger partial charge in [-0.15, -0.1) is 0 Å². The molecule has 76 heavy (non-hydrogen) atoms. The lowest BCUT2D eigenvalue weighted by Gasteiger charge is -2.24. The number of nitrogens with zero attached hydrogens (tertiary/aromatic N) is 10. The Morgan fingerprint density at radius 1 is 0.711 bits per heavy atom. The van der Waals surface area contributed by atoms with Crippen LogP contribution >= 0.6 is 31.3 Å². The van der Waals surface area contributed by atoms with Gasteiger partial charge in [0.1, 0.15) is 48.5 Å². The van der Waals surface area contributed by atoms with E-state index in [0.29, 0.717) is 0 Å². The number of aromatic amines is 2. The maximum atomic E-state index is 16.6. The molecule has 0 amide bonds. The number of methoxy groups -OCH3 is 1. The lowest BCUT2D eigenvalue weighted by molar-refractivity contribution is -0.745. The van der Waals surface area contributed by atoms with Crippen molar-refractivity contribution in [2.24, 2.45) is 13.0 Å². The summed E-state index contributed by atoms with van der Waals surface area (Å²) in [5.41, 5.74) is 15.2. The van der Waals surface area contributed by atoms with Crippen LogP contribution in [0.4, 0.5) is 22.1 Å². The summed E-state index contributed by atoms with van der Waals surface area (Å²) in [6.45, 7) is -3.73. The van der Waals surface area contributed by atoms with E-state index in [-0.39, 0.29) is 57.8 Å². The summed E-state index contributed by atoms with van der Waals surface area (Å²) in [5, 5.41) is 32.8. The van der Waals surface area contributed by atoms with E-state index in [9.17, 15) is 62.7 Å². The molecule has 6 aromatic rings. The van der Waals surface area contributed by atoms with Gasteiger partial charge in [0.2, 0.25) is 17.7 Å². The number of phosphoric ester groups is 3. The summed E-state index contributed by atoms with van der Waals surface area (Å²) < 4.78 is 124. The number of hydrogen-bond donors (Lipinski definition) is 12. The van der Waals surface area contributed by atoms with Gasteiger partial charge in [-0.3, -0.25) is 51.4 Å². The van der Waals surface area contributed by atoms with Crippen LogP contribution < -0.4 is 32.9 Å². The Morgan fingerprint density at radius 3 is 1.99 bits per heavy atom. The van der Waals surface area contributed by atoms with E-state index in [1.54, 1.807) is 0 Å². The Bertz CT molecular complexity index is 3490. The highest BCUT2D eigenvalue weighted by atomic mass is 31.3. The Hall–Kier alpha value is -5.18. The second-order valence-corrected chi connectivity index (χ2v) is 22.9. The van der Waals surface area contributed by atoms with Crippen LogP contribution in [0.15, 0.2) is 34.9 Å². The van der Waals surface area contributed by atoms with Crippen molar-refractivity contribution in [2.45, 2.75) is 67.6 Å². The highest BCUT2D eigenvalue weighted by Gasteiger charge is 2.54. The molecular formula is C33H45FN15O23P4+. The highest BCUT2D eigenvalue weighted by molar-refractivity contribution is 7.66. The molecule has 43 heteroatoms. The topological polar surface area (TPSA) is 542 Å². The van der Waals surface area contributed by atoms with E-state index in [2.05, 4.69) is 48.5 Å². The molecule has 0 bridgehead atoms. The fourth-order valence-corrected chi connectivity index (χ4v) is 13.0. The maximum absolute atomic E-state index is 16.6. The number of hydrogen-bond acceptors (Lipinski definition) is 28. The predicted octanol–water partition coefficient (Wildman–Crippen LogP) is -3.49. The van der Waals surface area contributed by atoms with E-state index < -0.39 is 136 Å². The van der Waals surface area contributed by atoms with Gasteiger partial charge in [-0.2, -0.15) is 13.6 Å². The number of rotatable bonds is 20. The summed E-state index contributed by atoms with van der Waals surface area (Å²) in [6.07, 6.45) is -15.7. The number of aromatic nitrogens is 12. The van der Waals surface area contributed by atoms with Crippen molar-refractivity contribution < 1.29 is 108 Å². The number of anilines is 3. The van der Waals surface area contributed by atoms with Gasteiger partial charge in [-0.25, -0.2) is 47.2 Å². The van der Waals surface area contributed by atoms with E-state index in [1.165, 1.54) is 29.6 Å². The molecule has 0 radical (unpaired) electrons. The molecule has 0 aliphatic carbocycles. The summed E-state index contributed by atoms with van der Waals surface area (Å²) in [4.78, 5) is 95.4. The smallest absolute Gasteiger partial charge is 0.387 e. The van der Waals surface area contributed by atoms with E-state index in [4.69, 9.17) is 54.2 Å². The number of nitrogens with one attached hydrogen (secondary N) is 2. The number of nitrogen functional groups attached to an aromatic ring is 3. The van der Waals surface area contributed by atoms with Gasteiger partial charge in [0.15, 0.2) is 47.6 Å². The van der Waals surface area contributed by atoms with Crippen LogP contribution in [-0.4, -0.2) is 171 Å². The van der Waals surface area contributed by atoms with Crippen LogP contribution in [-0.2, 0) is 71.0 Å². The number of aliphatic hydroxyl groups is 3. The third kappa shape index (κ3) is 11.1. The highest BCUT2D eigenvalue weighted by Crippen LogP contribution is 2.68. The van der Waals surface area contributed by atoms with Gasteiger partial charge in [0.25, 0.3) is 17.1 Å². The molecule has 15 N–H and O–H groups in total. The van der Waals surface area contributed by atoms with Crippen LogP contribution in [0.5, 0.6) is 0 Å². The van der Waals surface area contributed by atoms with Crippen LogP contribution in [0.25, 0.3) is 33.5 Å². The zero-order chi connectivity index (χ0) is 55.0. The van der Waals surface area contributed by atoms with E-state index >= 15 is 4.39 Å². The molecule has 9 rings (SSSR count). The first-order valence-corrected chi connectivity index (χ1v) is 27.6. The Kier molecular flexibility index (Phi) is 15.3. The normalized spacial score (nSPS) is 30.2. The van der Waals surface area contributed by atoms with Gasteiger partial charge < -0.3 is 71.0 Å². The van der Waals surface area contributed by atoms with Crippen molar-refractivity contribution in [3.8, 4) is 0 Å². The summed E-state index contributed by atoms with van der Waals surface area (Å²) in [6, 6.07) is 0. The monoisotopic (exact) mass is 1160 g/mol. The van der Waals surface area contributed by atoms with Gasteiger partial charge in [0.05, 0.1) is 52.2 Å². The fraction of sp³-hybridized carbons (Fsp3) is 0.545. The Labute approximate surface area is 420 Å². The van der Waals surface area contributed by atoms with E-state index in [1.807, 2.05) is 0 Å². The van der Waals surface area contributed by atoms with Gasteiger partial charge in [0, 0.05) is 13.0 Å². The maximum Gasteiger partial charge on any atom is 0.490 e. The molecule has 0 aromatic carbocycles. The predicted molar refractivity (Wildman–Crippen MR) is 242 cm³/mol. The summed E-state index contributed by atoms with van der Waals surface area (Å²) in [7, 11) is -20.9. The minimum atomic E-state index is -6.22. The average Bonchev–Trinajstić information content (AvgIpc) is 4.17. The molecule has 0 saturated carbocycles. The standard InChI is InChI=1S/C33H44FN15O23P4/c1-46-10-49(26-18(46)28(54)45-33(37)43-26)30-19(50)11(3-63-2)12(67-30)4-65-74(57,58)71-76(61,62)72-75(59,60)66-6-14-22(15(34)29(69-14)47-8-40-16-23(35)38-7-39-24(16)47)70-73(55,56)64-5-13-20(51)21(52)31(68-13)48-9-41-17-25(48)42-32(36)44-27(17)53/h7-15,19-22,29-31,50-52H,3-6H2,1-2H3,(H11-,35,36,37,38,39,42,43,44,45,53,54,55,56,57,58,59,60,61,62)/p+1/t11-,12-,13-,14-,15-,19-,20-,21-,22-,29-,30-,31-/m1/s1. The number of ether oxygens (including phenoxy) is 4. The molecule has 6 aromatic heterocycles. The minimum absolute atomic E-state index is 0.0233. The number of aryl methyl sites for hydroxylation is 1. The van der Waals surface area contributed by atoms with Crippen molar-refractivity contribution >= 4 is 82.5 Å². The zero-order valence-electron chi connectivity index (χ0n) is 38.6. The first-order chi connectivity index (χ1) is 35.7. The molecular weight excluding hydrogens is 1120 g/mol. The number of alkyl halides is 1. The first-order valence-electron chi connectivity index (χ1n) is 21.6. The van der Waals surface area contributed by atoms with Crippen LogP contribution in [0.3, 0.4) is 0 Å². The third-order valence-electron chi connectivity index (χ3n) is 11.8. The Morgan fingerprint density at radius 2 is 1.30 bits per heavy atom. The molecule has 3 saturated heterocycles. The minimum Gasteiger partial charge on any atom is -0.387 e. The lowest BCUT2D eigenvalue weighted by Crippen LogP contribution is -2.45. The molecule has 4 unspecified atom stereocenters. The number of nitrogens with two attached hydrogens (primary N) is 3. The molecule has 0 spiro atoms. The number of halogens is 1. The molecule has 3 aliphatic heterocycles.